The van der Waals surface area contributed by atoms with Crippen molar-refractivity contribution in [1.29, 1.82) is 0 Å². The van der Waals surface area contributed by atoms with Crippen LogP contribution in [0.25, 0.3) is 0 Å². The average molecular weight is 561 g/mol. The molecule has 204 valence electrons. The lowest BCUT2D eigenvalue weighted by Gasteiger charge is -2.21. The van der Waals surface area contributed by atoms with Crippen LogP contribution in [0.3, 0.4) is 0 Å². The first-order chi connectivity index (χ1) is 18.1. The molecule has 9 heteroatoms. The number of aryl methyl sites for hydroxylation is 1. The van der Waals surface area contributed by atoms with Crippen LogP contribution in [0.5, 0.6) is 23.0 Å². The molecule has 0 saturated heterocycles. The molecule has 0 aliphatic carbocycles. The smallest absolute Gasteiger partial charge is 0.329 e. The largest absolute Gasteiger partial charge is 0.493 e. The molecule has 1 N–H and O–H groups in total. The summed E-state index contributed by atoms with van der Waals surface area (Å²) in [5.41, 5.74) is 1.54. The second kappa shape index (κ2) is 13.0. The van der Waals surface area contributed by atoms with Crippen LogP contribution in [-0.2, 0) is 25.9 Å². The number of hydrogen-bond acceptors (Lipinski definition) is 6. The minimum Gasteiger partial charge on any atom is -0.493 e. The van der Waals surface area contributed by atoms with Gasteiger partial charge in [0.05, 0.1) is 18.1 Å². The summed E-state index contributed by atoms with van der Waals surface area (Å²) in [7, 11) is -3.26. The van der Waals surface area contributed by atoms with Crippen molar-refractivity contribution in [3.05, 3.63) is 77.9 Å². The number of ether oxygens (including phenoxy) is 3. The molecule has 1 atom stereocenters. The fourth-order valence-electron chi connectivity index (χ4n) is 3.84. The Bertz CT molecular complexity index is 1320. The van der Waals surface area contributed by atoms with Gasteiger partial charge in [-0.05, 0) is 78.6 Å². The summed E-state index contributed by atoms with van der Waals surface area (Å²) in [6.45, 7) is 4.72. The molecule has 0 bridgehead atoms. The molecule has 7 nitrogen and oxygen atoms in total. The van der Waals surface area contributed by atoms with E-state index in [1.807, 2.05) is 18.2 Å². The Labute approximate surface area is 229 Å². The molecular formula is C29H33ClO7S. The second-order valence-electron chi connectivity index (χ2n) is 8.90. The molecule has 1 unspecified atom stereocenters. The number of hydrogen-bond donors (Lipinski definition) is 1. The van der Waals surface area contributed by atoms with E-state index >= 15 is 0 Å². The number of carbonyl (C=O) groups is 1. The van der Waals surface area contributed by atoms with Crippen molar-refractivity contribution < 1.29 is 32.5 Å². The fraction of sp³-hybridized carbons (Fsp3) is 0.345. The van der Waals surface area contributed by atoms with Crippen LogP contribution < -0.4 is 14.2 Å². The van der Waals surface area contributed by atoms with Crippen LogP contribution in [0.2, 0.25) is 0 Å². The lowest BCUT2D eigenvalue weighted by Crippen LogP contribution is -2.28. The van der Waals surface area contributed by atoms with Gasteiger partial charge in [0.1, 0.15) is 23.0 Å². The molecule has 0 radical (unpaired) electrons. The van der Waals surface area contributed by atoms with E-state index in [0.717, 1.165) is 24.2 Å². The van der Waals surface area contributed by atoms with E-state index in [4.69, 9.17) is 25.8 Å². The molecule has 0 fully saturated rings. The Balaban J connectivity index is 1.53. The topological polar surface area (TPSA) is 99.1 Å². The van der Waals surface area contributed by atoms with Crippen molar-refractivity contribution in [2.75, 3.05) is 19.5 Å². The SMILES string of the molecule is CCCc1cc(Oc2ccc(S(C)(=O)=O)cc2)ccc1OCCCOc1ccc(C(Cl)(CC)C(=O)O)cc1. The van der Waals surface area contributed by atoms with Crippen LogP contribution in [-0.4, -0.2) is 39.0 Å². The molecule has 3 aromatic rings. The highest BCUT2D eigenvalue weighted by atomic mass is 35.5. The molecule has 0 aliphatic rings. The van der Waals surface area contributed by atoms with E-state index < -0.39 is 20.7 Å². The van der Waals surface area contributed by atoms with Gasteiger partial charge in [-0.3, -0.25) is 0 Å². The van der Waals surface area contributed by atoms with E-state index in [1.165, 1.54) is 18.4 Å². The Hall–Kier alpha value is -3.23. The summed E-state index contributed by atoms with van der Waals surface area (Å²) in [6.07, 6.45) is 3.85. The standard InChI is InChI=1S/C29H33ClO7S/c1-4-7-21-20-25(37-24-12-15-26(16-13-24)38(3,33)34)14-17-27(21)36-19-6-18-35-23-10-8-22(9-11-23)29(30,5-2)28(31)32/h8-17,20H,4-7,18-19H2,1-3H3,(H,31,32). The van der Waals surface area contributed by atoms with Crippen LogP contribution >= 0.6 is 11.6 Å². The second-order valence-corrected chi connectivity index (χ2v) is 11.6. The van der Waals surface area contributed by atoms with Gasteiger partial charge < -0.3 is 19.3 Å². The minimum atomic E-state index is -3.26. The summed E-state index contributed by atoms with van der Waals surface area (Å²) in [4.78, 5) is 10.3. The lowest BCUT2D eigenvalue weighted by molar-refractivity contribution is -0.140. The fourth-order valence-corrected chi connectivity index (χ4v) is 4.60. The number of halogens is 1. The molecule has 0 aromatic heterocycles. The van der Waals surface area contributed by atoms with Gasteiger partial charge in [-0.2, -0.15) is 0 Å². The van der Waals surface area contributed by atoms with Gasteiger partial charge in [-0.1, -0.05) is 32.4 Å². The third-order valence-corrected chi connectivity index (χ3v) is 7.77. The Kier molecular flexibility index (Phi) is 10.1. The van der Waals surface area contributed by atoms with E-state index in [0.29, 0.717) is 42.4 Å². The predicted molar refractivity (Wildman–Crippen MR) is 148 cm³/mol. The molecule has 0 amide bonds. The number of sulfone groups is 1. The number of aliphatic carboxylic acids is 1. The molecule has 3 rings (SSSR count). The third-order valence-electron chi connectivity index (χ3n) is 5.99. The van der Waals surface area contributed by atoms with E-state index in [2.05, 4.69) is 6.92 Å². The van der Waals surface area contributed by atoms with Crippen molar-refractivity contribution in [3.8, 4) is 23.0 Å². The highest BCUT2D eigenvalue weighted by Gasteiger charge is 2.36. The van der Waals surface area contributed by atoms with E-state index in [9.17, 15) is 18.3 Å². The highest BCUT2D eigenvalue weighted by molar-refractivity contribution is 7.90. The van der Waals surface area contributed by atoms with Crippen molar-refractivity contribution in [2.24, 2.45) is 0 Å². The summed E-state index contributed by atoms with van der Waals surface area (Å²) < 4.78 is 41.0. The van der Waals surface area contributed by atoms with Crippen molar-refractivity contribution in [3.63, 3.8) is 0 Å². The quantitative estimate of drug-likeness (QED) is 0.175. The summed E-state index contributed by atoms with van der Waals surface area (Å²) in [5, 5.41) is 9.42. The number of carboxylic acid groups (broad SMARTS) is 1. The average Bonchev–Trinajstić information content (AvgIpc) is 2.89. The maximum atomic E-state index is 11.6. The van der Waals surface area contributed by atoms with Gasteiger partial charge in [-0.25, -0.2) is 13.2 Å². The van der Waals surface area contributed by atoms with E-state index in [1.54, 1.807) is 43.3 Å². The molecule has 0 spiro atoms. The summed E-state index contributed by atoms with van der Waals surface area (Å²) in [5.74, 6) is 1.53. The van der Waals surface area contributed by atoms with Crippen molar-refractivity contribution in [1.82, 2.24) is 0 Å². The molecule has 0 heterocycles. The molecular weight excluding hydrogens is 528 g/mol. The van der Waals surface area contributed by atoms with Gasteiger partial charge in [0, 0.05) is 12.7 Å². The lowest BCUT2D eigenvalue weighted by atomic mass is 9.95. The Morgan fingerprint density at radius 3 is 2.08 bits per heavy atom. The van der Waals surface area contributed by atoms with Crippen LogP contribution in [0, 0.1) is 0 Å². The van der Waals surface area contributed by atoms with E-state index in [-0.39, 0.29) is 11.3 Å². The predicted octanol–water partition coefficient (Wildman–Crippen LogP) is 6.61. The number of rotatable bonds is 14. The number of alkyl halides is 1. The summed E-state index contributed by atoms with van der Waals surface area (Å²) in [6, 6.07) is 18.7. The van der Waals surface area contributed by atoms with Gasteiger partial charge in [0.25, 0.3) is 0 Å². The van der Waals surface area contributed by atoms with Crippen LogP contribution in [0.1, 0.15) is 44.2 Å². The van der Waals surface area contributed by atoms with Crippen molar-refractivity contribution >= 4 is 27.4 Å². The Morgan fingerprint density at radius 2 is 1.50 bits per heavy atom. The first-order valence-electron chi connectivity index (χ1n) is 12.5. The number of carboxylic acids is 1. The summed E-state index contributed by atoms with van der Waals surface area (Å²) >= 11 is 6.26. The zero-order valence-electron chi connectivity index (χ0n) is 21.8. The molecule has 0 saturated carbocycles. The zero-order valence-corrected chi connectivity index (χ0v) is 23.3. The maximum absolute atomic E-state index is 11.6. The van der Waals surface area contributed by atoms with Crippen molar-refractivity contribution in [2.45, 2.75) is 49.3 Å². The Morgan fingerprint density at radius 1 is 0.895 bits per heavy atom. The molecule has 0 aliphatic heterocycles. The maximum Gasteiger partial charge on any atom is 0.329 e. The normalized spacial score (nSPS) is 12.9. The van der Waals surface area contributed by atoms with Gasteiger partial charge in [0.2, 0.25) is 0 Å². The molecule has 38 heavy (non-hydrogen) atoms. The third kappa shape index (κ3) is 7.65. The monoisotopic (exact) mass is 560 g/mol. The first kappa shape index (κ1) is 29.3. The number of benzene rings is 3. The molecule has 3 aromatic carbocycles. The van der Waals surface area contributed by atoms with Crippen LogP contribution in [0.15, 0.2) is 71.6 Å². The minimum absolute atomic E-state index is 0.244. The zero-order chi connectivity index (χ0) is 27.8. The van der Waals surface area contributed by atoms with Crippen LogP contribution in [0.4, 0.5) is 0 Å². The van der Waals surface area contributed by atoms with Gasteiger partial charge in [-0.15, -0.1) is 11.6 Å². The van der Waals surface area contributed by atoms with Gasteiger partial charge in [0.15, 0.2) is 14.7 Å². The first-order valence-corrected chi connectivity index (χ1v) is 14.7. The highest BCUT2D eigenvalue weighted by Crippen LogP contribution is 2.34. The van der Waals surface area contributed by atoms with Gasteiger partial charge >= 0.3 is 5.97 Å².